The zero-order valence-corrected chi connectivity index (χ0v) is 15.4. The van der Waals surface area contributed by atoms with Crippen LogP contribution >= 0.6 is 0 Å². The number of anilines is 2. The van der Waals surface area contributed by atoms with Crippen LogP contribution in [-0.2, 0) is 16.4 Å². The van der Waals surface area contributed by atoms with Gasteiger partial charge in [-0.15, -0.1) is 0 Å². The maximum absolute atomic E-state index is 12.5. The van der Waals surface area contributed by atoms with Crippen molar-refractivity contribution in [2.75, 3.05) is 22.4 Å². The number of amides is 1. The summed E-state index contributed by atoms with van der Waals surface area (Å²) in [6.07, 6.45) is 1.82. The first kappa shape index (κ1) is 17.5. The maximum atomic E-state index is 12.5. The van der Waals surface area contributed by atoms with Crippen molar-refractivity contribution >= 4 is 27.3 Å². The fraction of sp³-hybridized carbons (Fsp3) is 0.316. The molecule has 0 saturated heterocycles. The van der Waals surface area contributed by atoms with Crippen molar-refractivity contribution in [1.29, 1.82) is 0 Å². The van der Waals surface area contributed by atoms with Crippen molar-refractivity contribution in [2.24, 2.45) is 0 Å². The van der Waals surface area contributed by atoms with E-state index in [1.165, 1.54) is 10.6 Å². The second-order valence-electron chi connectivity index (χ2n) is 6.66. The van der Waals surface area contributed by atoms with Gasteiger partial charge in [-0.05, 0) is 53.8 Å². The summed E-state index contributed by atoms with van der Waals surface area (Å²) < 4.78 is 25.0. The summed E-state index contributed by atoms with van der Waals surface area (Å²) in [5, 5.41) is 2.92. The molecule has 1 amide bonds. The Labute approximate surface area is 148 Å². The van der Waals surface area contributed by atoms with Crippen LogP contribution in [0, 0.1) is 0 Å². The highest BCUT2D eigenvalue weighted by molar-refractivity contribution is 7.92. The molecule has 5 nitrogen and oxygen atoms in total. The van der Waals surface area contributed by atoms with Crippen LogP contribution in [0.4, 0.5) is 11.4 Å². The third-order valence-electron chi connectivity index (χ3n) is 4.41. The lowest BCUT2D eigenvalue weighted by atomic mass is 10.0. The summed E-state index contributed by atoms with van der Waals surface area (Å²) in [5.74, 6) is 0.195. The number of sulfonamides is 1. The Balaban J connectivity index is 1.82. The highest BCUT2D eigenvalue weighted by atomic mass is 32.2. The average Bonchev–Trinajstić information content (AvgIpc) is 2.98. The van der Waals surface area contributed by atoms with Gasteiger partial charge in [-0.1, -0.05) is 26.0 Å². The minimum absolute atomic E-state index is 0.193. The van der Waals surface area contributed by atoms with Crippen LogP contribution in [0.2, 0.25) is 0 Å². The van der Waals surface area contributed by atoms with Crippen molar-refractivity contribution in [3.63, 3.8) is 0 Å². The van der Waals surface area contributed by atoms with Crippen molar-refractivity contribution in [1.82, 2.24) is 0 Å². The van der Waals surface area contributed by atoms with Crippen LogP contribution in [0.5, 0.6) is 0 Å². The molecule has 0 unspecified atom stereocenters. The number of carbonyl (C=O) groups excluding carboxylic acids is 1. The highest BCUT2D eigenvalue weighted by Gasteiger charge is 2.26. The van der Waals surface area contributed by atoms with Crippen LogP contribution in [-0.4, -0.2) is 27.1 Å². The normalized spacial score (nSPS) is 13.8. The number of hydrogen-bond acceptors (Lipinski definition) is 3. The third kappa shape index (κ3) is 3.69. The van der Waals surface area contributed by atoms with Crippen molar-refractivity contribution in [3.05, 3.63) is 59.2 Å². The first-order chi connectivity index (χ1) is 11.8. The Hall–Kier alpha value is -2.34. The summed E-state index contributed by atoms with van der Waals surface area (Å²) in [5.41, 5.74) is 4.00. The van der Waals surface area contributed by atoms with Gasteiger partial charge < -0.3 is 5.32 Å². The van der Waals surface area contributed by atoms with E-state index in [1.54, 1.807) is 18.2 Å². The molecule has 25 heavy (non-hydrogen) atoms. The van der Waals surface area contributed by atoms with Crippen LogP contribution < -0.4 is 9.62 Å². The molecule has 0 bridgehead atoms. The SMILES string of the molecule is CC(C)c1cccc(NC(=O)c2ccc3c(c2)CCN3S(C)(=O)=O)c1. The molecule has 2 aromatic rings. The largest absolute Gasteiger partial charge is 0.322 e. The molecule has 0 atom stereocenters. The first-order valence-electron chi connectivity index (χ1n) is 8.27. The molecule has 1 heterocycles. The Morgan fingerprint density at radius 2 is 1.92 bits per heavy atom. The minimum Gasteiger partial charge on any atom is -0.322 e. The lowest BCUT2D eigenvalue weighted by Crippen LogP contribution is -2.27. The van der Waals surface area contributed by atoms with Gasteiger partial charge in [0.05, 0.1) is 11.9 Å². The zero-order chi connectivity index (χ0) is 18.2. The van der Waals surface area contributed by atoms with E-state index in [0.717, 1.165) is 16.8 Å². The fourth-order valence-electron chi connectivity index (χ4n) is 3.04. The smallest absolute Gasteiger partial charge is 0.255 e. The van der Waals surface area contributed by atoms with Crippen LogP contribution in [0.25, 0.3) is 0 Å². The summed E-state index contributed by atoms with van der Waals surface area (Å²) >= 11 is 0. The van der Waals surface area contributed by atoms with E-state index in [9.17, 15) is 13.2 Å². The van der Waals surface area contributed by atoms with Crippen molar-refractivity contribution in [2.45, 2.75) is 26.2 Å². The number of carbonyl (C=O) groups is 1. The standard InChI is InChI=1S/C19H22N2O3S/c1-13(2)14-5-4-6-17(12-14)20-19(22)16-7-8-18-15(11-16)9-10-21(18)25(3,23)24/h4-8,11-13H,9-10H2,1-3H3,(H,20,22). The molecule has 0 aromatic heterocycles. The number of benzene rings is 2. The average molecular weight is 358 g/mol. The molecule has 1 aliphatic heterocycles. The number of rotatable bonds is 4. The third-order valence-corrected chi connectivity index (χ3v) is 5.59. The molecule has 132 valence electrons. The predicted molar refractivity (Wildman–Crippen MR) is 101 cm³/mol. The van der Waals surface area contributed by atoms with Crippen molar-refractivity contribution < 1.29 is 13.2 Å². The minimum atomic E-state index is -3.28. The Morgan fingerprint density at radius 3 is 2.60 bits per heavy atom. The van der Waals surface area contributed by atoms with Crippen molar-refractivity contribution in [3.8, 4) is 0 Å². The van der Waals surface area contributed by atoms with E-state index < -0.39 is 10.0 Å². The van der Waals surface area contributed by atoms with E-state index in [-0.39, 0.29) is 5.91 Å². The maximum Gasteiger partial charge on any atom is 0.255 e. The van der Waals surface area contributed by atoms with E-state index in [2.05, 4.69) is 19.2 Å². The molecular formula is C19H22N2O3S. The molecular weight excluding hydrogens is 336 g/mol. The Kier molecular flexibility index (Phi) is 4.56. The lowest BCUT2D eigenvalue weighted by Gasteiger charge is -2.16. The lowest BCUT2D eigenvalue weighted by molar-refractivity contribution is 0.102. The monoisotopic (exact) mass is 358 g/mol. The fourth-order valence-corrected chi connectivity index (χ4v) is 3.99. The Bertz CT molecular complexity index is 920. The molecule has 2 aromatic carbocycles. The molecule has 0 fully saturated rings. The van der Waals surface area contributed by atoms with Gasteiger partial charge in [0.25, 0.3) is 5.91 Å². The molecule has 6 heteroatoms. The number of nitrogens with zero attached hydrogens (tertiary/aromatic N) is 1. The van der Waals surface area contributed by atoms with Gasteiger partial charge in [0.2, 0.25) is 10.0 Å². The molecule has 1 N–H and O–H groups in total. The van der Waals surface area contributed by atoms with Gasteiger partial charge in [0.15, 0.2) is 0 Å². The van der Waals surface area contributed by atoms with E-state index in [4.69, 9.17) is 0 Å². The van der Waals surface area contributed by atoms with Gasteiger partial charge in [-0.3, -0.25) is 9.10 Å². The topological polar surface area (TPSA) is 66.5 Å². The van der Waals surface area contributed by atoms with Gasteiger partial charge in [-0.2, -0.15) is 0 Å². The quantitative estimate of drug-likeness (QED) is 0.911. The molecule has 0 saturated carbocycles. The Morgan fingerprint density at radius 1 is 1.16 bits per heavy atom. The number of hydrogen-bond donors (Lipinski definition) is 1. The highest BCUT2D eigenvalue weighted by Crippen LogP contribution is 2.31. The zero-order valence-electron chi connectivity index (χ0n) is 14.6. The molecule has 1 aliphatic rings. The second-order valence-corrected chi connectivity index (χ2v) is 8.57. The number of nitrogens with one attached hydrogen (secondary N) is 1. The van der Waals surface area contributed by atoms with Gasteiger partial charge >= 0.3 is 0 Å². The summed E-state index contributed by atoms with van der Waals surface area (Å²) in [6, 6.07) is 13.0. The van der Waals surface area contributed by atoms with Gasteiger partial charge in [-0.25, -0.2) is 8.42 Å². The predicted octanol–water partition coefficient (Wildman–Crippen LogP) is 3.38. The van der Waals surface area contributed by atoms with Crippen LogP contribution in [0.15, 0.2) is 42.5 Å². The van der Waals surface area contributed by atoms with E-state index in [1.807, 2.05) is 24.3 Å². The summed E-state index contributed by atoms with van der Waals surface area (Å²) in [4.78, 5) is 12.5. The van der Waals surface area contributed by atoms with E-state index in [0.29, 0.717) is 30.1 Å². The summed E-state index contributed by atoms with van der Waals surface area (Å²) in [6.45, 7) is 4.64. The first-order valence-corrected chi connectivity index (χ1v) is 10.1. The molecule has 0 aliphatic carbocycles. The number of fused-ring (bicyclic) bond motifs is 1. The van der Waals surface area contributed by atoms with Gasteiger partial charge in [0, 0.05) is 17.8 Å². The molecule has 0 radical (unpaired) electrons. The van der Waals surface area contributed by atoms with Gasteiger partial charge in [0.1, 0.15) is 0 Å². The van der Waals surface area contributed by atoms with Crippen LogP contribution in [0.1, 0.15) is 41.3 Å². The molecule has 3 rings (SSSR count). The second kappa shape index (κ2) is 6.52. The molecule has 0 spiro atoms. The summed E-state index contributed by atoms with van der Waals surface area (Å²) in [7, 11) is -3.28. The van der Waals surface area contributed by atoms with E-state index >= 15 is 0 Å². The van der Waals surface area contributed by atoms with Crippen LogP contribution in [0.3, 0.4) is 0 Å².